The van der Waals surface area contributed by atoms with Crippen LogP contribution in [0.3, 0.4) is 0 Å². The SMILES string of the molecule is COc1ccc(CN(C)CC(=O)Nc2ccc(C(=O)OC(C)C)cc2)cc1. The smallest absolute Gasteiger partial charge is 0.338 e. The van der Waals surface area contributed by atoms with Crippen molar-refractivity contribution in [1.29, 1.82) is 0 Å². The molecule has 0 atom stereocenters. The van der Waals surface area contributed by atoms with E-state index in [0.29, 0.717) is 17.8 Å². The maximum atomic E-state index is 12.2. The Morgan fingerprint density at radius 2 is 1.67 bits per heavy atom. The highest BCUT2D eigenvalue weighted by molar-refractivity contribution is 5.94. The first-order chi connectivity index (χ1) is 12.9. The Kier molecular flexibility index (Phi) is 7.37. The number of ether oxygens (including phenoxy) is 2. The minimum Gasteiger partial charge on any atom is -0.497 e. The van der Waals surface area contributed by atoms with Gasteiger partial charge in [-0.2, -0.15) is 0 Å². The van der Waals surface area contributed by atoms with Crippen LogP contribution in [0.2, 0.25) is 0 Å². The van der Waals surface area contributed by atoms with Crippen molar-refractivity contribution in [3.8, 4) is 5.75 Å². The summed E-state index contributed by atoms with van der Waals surface area (Å²) in [6.45, 7) is 4.50. The molecule has 0 aromatic heterocycles. The number of amides is 1. The Labute approximate surface area is 160 Å². The first kappa shape index (κ1) is 20.5. The van der Waals surface area contributed by atoms with Crippen molar-refractivity contribution in [1.82, 2.24) is 4.90 Å². The van der Waals surface area contributed by atoms with Crippen LogP contribution in [0.1, 0.15) is 29.8 Å². The number of carbonyl (C=O) groups excluding carboxylic acids is 2. The van der Waals surface area contributed by atoms with Gasteiger partial charge in [0.1, 0.15) is 5.75 Å². The van der Waals surface area contributed by atoms with E-state index in [4.69, 9.17) is 9.47 Å². The van der Waals surface area contributed by atoms with E-state index < -0.39 is 0 Å². The molecule has 144 valence electrons. The van der Waals surface area contributed by atoms with E-state index in [1.165, 1.54) is 0 Å². The van der Waals surface area contributed by atoms with Gasteiger partial charge in [-0.25, -0.2) is 4.79 Å². The minimum atomic E-state index is -0.373. The summed E-state index contributed by atoms with van der Waals surface area (Å²) in [5.74, 6) is 0.311. The predicted octanol–water partition coefficient (Wildman–Crippen LogP) is 3.33. The van der Waals surface area contributed by atoms with Gasteiger partial charge in [0.15, 0.2) is 0 Å². The number of nitrogens with one attached hydrogen (secondary N) is 1. The van der Waals surface area contributed by atoms with Gasteiger partial charge in [-0.3, -0.25) is 9.69 Å². The third kappa shape index (κ3) is 6.75. The monoisotopic (exact) mass is 370 g/mol. The van der Waals surface area contributed by atoms with Gasteiger partial charge in [0.2, 0.25) is 5.91 Å². The van der Waals surface area contributed by atoms with Gasteiger partial charge in [0.25, 0.3) is 0 Å². The van der Waals surface area contributed by atoms with E-state index in [2.05, 4.69) is 5.32 Å². The Bertz CT molecular complexity index is 755. The second kappa shape index (κ2) is 9.73. The van der Waals surface area contributed by atoms with Crippen LogP contribution in [0.4, 0.5) is 5.69 Å². The van der Waals surface area contributed by atoms with Crippen LogP contribution in [0, 0.1) is 0 Å². The van der Waals surface area contributed by atoms with Crippen LogP contribution in [0.15, 0.2) is 48.5 Å². The molecule has 2 rings (SSSR count). The van der Waals surface area contributed by atoms with Gasteiger partial charge in [-0.1, -0.05) is 12.1 Å². The molecule has 1 N–H and O–H groups in total. The van der Waals surface area contributed by atoms with Gasteiger partial charge >= 0.3 is 5.97 Å². The number of likely N-dealkylation sites (N-methyl/N-ethyl adjacent to an activating group) is 1. The first-order valence-corrected chi connectivity index (χ1v) is 8.79. The standard InChI is InChI=1S/C21H26N2O4/c1-15(2)27-21(25)17-7-9-18(10-8-17)22-20(24)14-23(3)13-16-5-11-19(26-4)12-6-16/h5-12,15H,13-14H2,1-4H3,(H,22,24). The highest BCUT2D eigenvalue weighted by atomic mass is 16.5. The topological polar surface area (TPSA) is 67.9 Å². The second-order valence-electron chi connectivity index (χ2n) is 6.60. The lowest BCUT2D eigenvalue weighted by Gasteiger charge is -2.16. The molecule has 2 aromatic rings. The van der Waals surface area contributed by atoms with Gasteiger partial charge in [-0.05, 0) is 62.9 Å². The fourth-order valence-electron chi connectivity index (χ4n) is 2.52. The van der Waals surface area contributed by atoms with E-state index in [1.807, 2.05) is 36.2 Å². The molecule has 0 heterocycles. The molecule has 27 heavy (non-hydrogen) atoms. The lowest BCUT2D eigenvalue weighted by Crippen LogP contribution is -2.29. The molecular weight excluding hydrogens is 344 g/mol. The summed E-state index contributed by atoms with van der Waals surface area (Å²) in [4.78, 5) is 26.0. The van der Waals surface area contributed by atoms with E-state index in [9.17, 15) is 9.59 Å². The predicted molar refractivity (Wildman–Crippen MR) is 105 cm³/mol. The number of esters is 1. The molecule has 0 aliphatic heterocycles. The van der Waals surface area contributed by atoms with Crippen LogP contribution >= 0.6 is 0 Å². The maximum Gasteiger partial charge on any atom is 0.338 e. The third-order valence-corrected chi connectivity index (χ3v) is 3.77. The van der Waals surface area contributed by atoms with Crippen molar-refractivity contribution in [2.45, 2.75) is 26.5 Å². The third-order valence-electron chi connectivity index (χ3n) is 3.77. The molecule has 0 saturated heterocycles. The quantitative estimate of drug-likeness (QED) is 0.722. The molecule has 0 saturated carbocycles. The number of anilines is 1. The molecule has 0 spiro atoms. The Hall–Kier alpha value is -2.86. The van der Waals surface area contributed by atoms with Crippen molar-refractivity contribution in [2.75, 3.05) is 26.0 Å². The van der Waals surface area contributed by atoms with E-state index >= 15 is 0 Å². The largest absolute Gasteiger partial charge is 0.497 e. The lowest BCUT2D eigenvalue weighted by atomic mass is 10.2. The Balaban J connectivity index is 1.84. The number of benzene rings is 2. The summed E-state index contributed by atoms with van der Waals surface area (Å²) in [6, 6.07) is 14.4. The summed E-state index contributed by atoms with van der Waals surface area (Å²) >= 11 is 0. The summed E-state index contributed by atoms with van der Waals surface area (Å²) in [6.07, 6.45) is -0.168. The average molecular weight is 370 g/mol. The van der Waals surface area contributed by atoms with Crippen LogP contribution in [-0.2, 0) is 16.1 Å². The molecule has 0 aliphatic rings. The fraction of sp³-hybridized carbons (Fsp3) is 0.333. The molecule has 0 unspecified atom stereocenters. The van der Waals surface area contributed by atoms with Crippen LogP contribution in [0.25, 0.3) is 0 Å². The highest BCUT2D eigenvalue weighted by Crippen LogP contribution is 2.13. The average Bonchev–Trinajstić information content (AvgIpc) is 2.62. The molecule has 2 aromatic carbocycles. The van der Waals surface area contributed by atoms with Gasteiger partial charge in [0, 0.05) is 12.2 Å². The second-order valence-corrected chi connectivity index (χ2v) is 6.60. The minimum absolute atomic E-state index is 0.122. The highest BCUT2D eigenvalue weighted by Gasteiger charge is 2.11. The Morgan fingerprint density at radius 3 is 2.22 bits per heavy atom. The van der Waals surface area contributed by atoms with Gasteiger partial charge < -0.3 is 14.8 Å². The van der Waals surface area contributed by atoms with E-state index in [1.54, 1.807) is 45.2 Å². The number of carbonyl (C=O) groups is 2. The summed E-state index contributed by atoms with van der Waals surface area (Å²) in [5.41, 5.74) is 2.19. The number of rotatable bonds is 8. The first-order valence-electron chi connectivity index (χ1n) is 8.79. The zero-order chi connectivity index (χ0) is 19.8. The van der Waals surface area contributed by atoms with Crippen molar-refractivity contribution < 1.29 is 19.1 Å². The molecule has 0 bridgehead atoms. The lowest BCUT2D eigenvalue weighted by molar-refractivity contribution is -0.117. The van der Waals surface area contributed by atoms with Crippen molar-refractivity contribution in [2.24, 2.45) is 0 Å². The van der Waals surface area contributed by atoms with Crippen LogP contribution in [-0.4, -0.2) is 43.6 Å². The normalized spacial score (nSPS) is 10.7. The molecule has 0 radical (unpaired) electrons. The molecule has 0 aliphatic carbocycles. The number of nitrogens with zero attached hydrogens (tertiary/aromatic N) is 1. The van der Waals surface area contributed by atoms with Crippen molar-refractivity contribution in [3.63, 3.8) is 0 Å². The Morgan fingerprint density at radius 1 is 1.04 bits per heavy atom. The molecule has 6 heteroatoms. The van der Waals surface area contributed by atoms with Crippen LogP contribution in [0.5, 0.6) is 5.75 Å². The van der Waals surface area contributed by atoms with Crippen LogP contribution < -0.4 is 10.1 Å². The van der Waals surface area contributed by atoms with E-state index in [-0.39, 0.29) is 24.5 Å². The summed E-state index contributed by atoms with van der Waals surface area (Å²) < 4.78 is 10.3. The number of methoxy groups -OCH3 is 1. The zero-order valence-electron chi connectivity index (χ0n) is 16.2. The van der Waals surface area contributed by atoms with E-state index in [0.717, 1.165) is 11.3 Å². The van der Waals surface area contributed by atoms with Crippen molar-refractivity contribution in [3.05, 3.63) is 59.7 Å². The molecule has 1 amide bonds. The summed E-state index contributed by atoms with van der Waals surface area (Å²) in [7, 11) is 3.51. The number of hydrogen-bond donors (Lipinski definition) is 1. The fourth-order valence-corrected chi connectivity index (χ4v) is 2.52. The van der Waals surface area contributed by atoms with Gasteiger partial charge in [0.05, 0.1) is 25.3 Å². The molecule has 6 nitrogen and oxygen atoms in total. The van der Waals surface area contributed by atoms with Gasteiger partial charge in [-0.15, -0.1) is 0 Å². The maximum absolute atomic E-state index is 12.2. The molecular formula is C21H26N2O4. The van der Waals surface area contributed by atoms with Crippen molar-refractivity contribution >= 4 is 17.6 Å². The number of hydrogen-bond acceptors (Lipinski definition) is 5. The summed E-state index contributed by atoms with van der Waals surface area (Å²) in [5, 5.41) is 2.83. The zero-order valence-corrected chi connectivity index (χ0v) is 16.2. The molecule has 0 fully saturated rings.